The molecule has 0 spiro atoms. The van der Waals surface area contributed by atoms with Gasteiger partial charge in [-0.15, -0.1) is 0 Å². The molecule has 0 bridgehead atoms. The summed E-state index contributed by atoms with van der Waals surface area (Å²) in [4.78, 5) is 25.6. The number of hydrogen-bond acceptors (Lipinski definition) is 2. The molecule has 0 aromatic heterocycles. The molecule has 21 heavy (non-hydrogen) atoms. The summed E-state index contributed by atoms with van der Waals surface area (Å²) in [6, 6.07) is 6.01. The number of rotatable bonds is 1. The van der Waals surface area contributed by atoms with E-state index in [1.807, 2.05) is 18.2 Å². The van der Waals surface area contributed by atoms with Crippen LogP contribution >= 0.6 is 0 Å². The maximum absolute atomic E-state index is 12.2. The number of imide groups is 1. The Morgan fingerprint density at radius 2 is 1.14 bits per heavy atom. The van der Waals surface area contributed by atoms with Gasteiger partial charge in [0.15, 0.2) is 0 Å². The summed E-state index contributed by atoms with van der Waals surface area (Å²) < 4.78 is 0. The highest BCUT2D eigenvalue weighted by atomic mass is 16.2. The summed E-state index contributed by atoms with van der Waals surface area (Å²) in [6.07, 6.45) is 2.68. The molecule has 1 aromatic carbocycles. The minimum absolute atomic E-state index is 0.153. The molecular weight excluding hydrogens is 262 g/mol. The predicted octanol–water partition coefficient (Wildman–Crippen LogP) is 3.71. The van der Waals surface area contributed by atoms with Crippen LogP contribution in [0.2, 0.25) is 0 Å². The third kappa shape index (κ3) is 2.78. The lowest BCUT2D eigenvalue weighted by molar-refractivity contribution is -0.120. The summed E-state index contributed by atoms with van der Waals surface area (Å²) in [5, 5.41) is 0. The van der Waals surface area contributed by atoms with Crippen LogP contribution in [0.15, 0.2) is 30.4 Å². The predicted molar refractivity (Wildman–Crippen MR) is 85.5 cm³/mol. The van der Waals surface area contributed by atoms with Gasteiger partial charge in [-0.25, -0.2) is 4.90 Å². The standard InChI is InChI=1S/C18H23NO2/c1-17(2,3)12-8-7-9-13(18(4,5)6)16(12)19-14(20)10-11-15(19)21/h7-11H,1-6H3. The Kier molecular flexibility index (Phi) is 3.56. The summed E-state index contributed by atoms with van der Waals surface area (Å²) in [5.74, 6) is -0.524. The molecule has 3 nitrogen and oxygen atoms in total. The lowest BCUT2D eigenvalue weighted by atomic mass is 9.78. The molecule has 112 valence electrons. The molecule has 1 heterocycles. The van der Waals surface area contributed by atoms with Crippen molar-refractivity contribution in [3.8, 4) is 0 Å². The van der Waals surface area contributed by atoms with Crippen LogP contribution in [-0.2, 0) is 20.4 Å². The van der Waals surface area contributed by atoms with Crippen LogP contribution in [0.3, 0.4) is 0 Å². The van der Waals surface area contributed by atoms with Gasteiger partial charge in [-0.2, -0.15) is 0 Å². The van der Waals surface area contributed by atoms with E-state index in [2.05, 4.69) is 41.5 Å². The maximum atomic E-state index is 12.2. The fraction of sp³-hybridized carbons (Fsp3) is 0.444. The van der Waals surface area contributed by atoms with Gasteiger partial charge in [0.1, 0.15) is 0 Å². The molecule has 1 aliphatic heterocycles. The molecule has 2 amide bonds. The zero-order valence-corrected chi connectivity index (χ0v) is 13.7. The van der Waals surface area contributed by atoms with E-state index in [9.17, 15) is 9.59 Å². The minimum atomic E-state index is -0.262. The first-order valence-corrected chi connectivity index (χ1v) is 7.23. The average molecular weight is 285 g/mol. The summed E-state index contributed by atoms with van der Waals surface area (Å²) in [6.45, 7) is 12.6. The number of amides is 2. The zero-order chi connectivity index (χ0) is 16.0. The molecule has 0 N–H and O–H groups in total. The number of anilines is 1. The molecule has 0 saturated carbocycles. The Bertz CT molecular complexity index is 577. The van der Waals surface area contributed by atoms with E-state index in [-0.39, 0.29) is 22.6 Å². The van der Waals surface area contributed by atoms with E-state index in [1.165, 1.54) is 17.1 Å². The van der Waals surface area contributed by atoms with E-state index >= 15 is 0 Å². The quantitative estimate of drug-likeness (QED) is 0.738. The first kappa shape index (κ1) is 15.5. The Balaban J connectivity index is 2.77. The smallest absolute Gasteiger partial charge is 0.258 e. The molecule has 0 radical (unpaired) electrons. The lowest BCUT2D eigenvalue weighted by Gasteiger charge is -2.33. The Hall–Kier alpha value is -1.90. The first-order valence-electron chi connectivity index (χ1n) is 7.23. The molecule has 0 unspecified atom stereocenters. The number of nitrogens with zero attached hydrogens (tertiary/aromatic N) is 1. The van der Waals surface area contributed by atoms with Crippen LogP contribution < -0.4 is 4.90 Å². The lowest BCUT2D eigenvalue weighted by Crippen LogP contribution is -2.35. The second kappa shape index (κ2) is 4.83. The number of carbonyl (C=O) groups excluding carboxylic acids is 2. The number of para-hydroxylation sites is 1. The second-order valence-electron chi connectivity index (χ2n) is 7.55. The number of carbonyl (C=O) groups is 2. The van der Waals surface area contributed by atoms with Gasteiger partial charge in [-0.1, -0.05) is 59.7 Å². The van der Waals surface area contributed by atoms with Gasteiger partial charge >= 0.3 is 0 Å². The van der Waals surface area contributed by atoms with Crippen LogP contribution in [0.4, 0.5) is 5.69 Å². The van der Waals surface area contributed by atoms with E-state index in [1.54, 1.807) is 0 Å². The van der Waals surface area contributed by atoms with Gasteiger partial charge in [0.2, 0.25) is 0 Å². The number of benzene rings is 1. The van der Waals surface area contributed by atoms with Crippen LogP contribution in [-0.4, -0.2) is 11.8 Å². The maximum Gasteiger partial charge on any atom is 0.258 e. The molecule has 0 fully saturated rings. The van der Waals surface area contributed by atoms with Crippen molar-refractivity contribution in [2.75, 3.05) is 4.90 Å². The van der Waals surface area contributed by atoms with Crippen molar-refractivity contribution in [1.82, 2.24) is 0 Å². The SMILES string of the molecule is CC(C)(C)c1cccc(C(C)(C)C)c1N1C(=O)C=CC1=O. The van der Waals surface area contributed by atoms with Crippen molar-refractivity contribution < 1.29 is 9.59 Å². The molecule has 2 rings (SSSR count). The van der Waals surface area contributed by atoms with Crippen molar-refractivity contribution in [3.05, 3.63) is 41.5 Å². The largest absolute Gasteiger partial charge is 0.269 e. The molecule has 3 heteroatoms. The van der Waals surface area contributed by atoms with E-state index in [4.69, 9.17) is 0 Å². The minimum Gasteiger partial charge on any atom is -0.269 e. The summed E-state index contributed by atoms with van der Waals surface area (Å²) in [7, 11) is 0. The second-order valence-corrected chi connectivity index (χ2v) is 7.55. The first-order chi connectivity index (χ1) is 9.53. The van der Waals surface area contributed by atoms with Crippen molar-refractivity contribution in [1.29, 1.82) is 0 Å². The Morgan fingerprint density at radius 1 is 0.762 bits per heavy atom. The van der Waals surface area contributed by atoms with Crippen LogP contribution in [0.5, 0.6) is 0 Å². The molecule has 0 saturated heterocycles. The van der Waals surface area contributed by atoms with Crippen LogP contribution in [0.25, 0.3) is 0 Å². The molecule has 0 atom stereocenters. The van der Waals surface area contributed by atoms with Gasteiger partial charge in [0.05, 0.1) is 5.69 Å². The van der Waals surface area contributed by atoms with E-state index in [0.717, 1.165) is 16.8 Å². The third-order valence-electron chi connectivity index (χ3n) is 3.68. The molecule has 1 aliphatic rings. The molecule has 0 aliphatic carbocycles. The fourth-order valence-electron chi connectivity index (χ4n) is 2.62. The average Bonchev–Trinajstić information content (AvgIpc) is 2.66. The highest BCUT2D eigenvalue weighted by Crippen LogP contribution is 2.40. The highest BCUT2D eigenvalue weighted by molar-refractivity contribution is 6.28. The van der Waals surface area contributed by atoms with Crippen molar-refractivity contribution in [3.63, 3.8) is 0 Å². The van der Waals surface area contributed by atoms with Crippen LogP contribution in [0.1, 0.15) is 52.7 Å². The van der Waals surface area contributed by atoms with Crippen molar-refractivity contribution >= 4 is 17.5 Å². The van der Waals surface area contributed by atoms with Gasteiger partial charge in [0.25, 0.3) is 11.8 Å². The Labute approximate surface area is 126 Å². The van der Waals surface area contributed by atoms with Crippen LogP contribution in [0, 0.1) is 0 Å². The topological polar surface area (TPSA) is 37.4 Å². The normalized spacial score (nSPS) is 16.0. The van der Waals surface area contributed by atoms with Crippen molar-refractivity contribution in [2.45, 2.75) is 52.4 Å². The van der Waals surface area contributed by atoms with Gasteiger partial charge < -0.3 is 0 Å². The fourth-order valence-corrected chi connectivity index (χ4v) is 2.62. The highest BCUT2D eigenvalue weighted by Gasteiger charge is 2.34. The number of hydrogen-bond donors (Lipinski definition) is 0. The zero-order valence-electron chi connectivity index (χ0n) is 13.7. The van der Waals surface area contributed by atoms with Gasteiger partial charge in [-0.3, -0.25) is 9.59 Å². The summed E-state index contributed by atoms with van der Waals surface area (Å²) in [5.41, 5.74) is 2.47. The van der Waals surface area contributed by atoms with Crippen molar-refractivity contribution in [2.24, 2.45) is 0 Å². The monoisotopic (exact) mass is 285 g/mol. The van der Waals surface area contributed by atoms with Gasteiger partial charge in [0, 0.05) is 12.2 Å². The Morgan fingerprint density at radius 3 is 1.48 bits per heavy atom. The van der Waals surface area contributed by atoms with E-state index < -0.39 is 0 Å². The molecule has 1 aromatic rings. The summed E-state index contributed by atoms with van der Waals surface area (Å²) >= 11 is 0. The van der Waals surface area contributed by atoms with E-state index in [0.29, 0.717) is 0 Å². The molecular formula is C18H23NO2. The van der Waals surface area contributed by atoms with Gasteiger partial charge in [-0.05, 0) is 22.0 Å². The third-order valence-corrected chi connectivity index (χ3v) is 3.68.